The van der Waals surface area contributed by atoms with Gasteiger partial charge in [0.05, 0.1) is 0 Å². The van der Waals surface area contributed by atoms with E-state index in [1.54, 1.807) is 6.08 Å². The van der Waals surface area contributed by atoms with E-state index in [2.05, 4.69) is 39.7 Å². The number of nitrogens with two attached hydrogens (primary N) is 1. The molecule has 0 aliphatic carbocycles. The van der Waals surface area contributed by atoms with Crippen LogP contribution in [0.4, 0.5) is 0 Å². The highest BCUT2D eigenvalue weighted by Gasteiger charge is 1.84. The largest absolute Gasteiger partial charge is 0.333 e. The Morgan fingerprint density at radius 1 is 1.06 bits per heavy atom. The predicted octanol–water partition coefficient (Wildman–Crippen LogP) is 5.10. The van der Waals surface area contributed by atoms with Crippen molar-refractivity contribution in [3.8, 4) is 0 Å². The first-order valence-corrected chi connectivity index (χ1v) is 6.28. The van der Waals surface area contributed by atoms with Crippen LogP contribution in [-0.4, -0.2) is 7.05 Å². The fourth-order valence-corrected chi connectivity index (χ4v) is 0.693. The van der Waals surface area contributed by atoms with Crippen LogP contribution in [0.15, 0.2) is 37.0 Å². The molecule has 0 spiro atoms. The van der Waals surface area contributed by atoms with Crippen molar-refractivity contribution in [1.82, 2.24) is 0 Å². The van der Waals surface area contributed by atoms with E-state index in [-0.39, 0.29) is 0 Å². The summed E-state index contributed by atoms with van der Waals surface area (Å²) in [5, 5.41) is 0. The Hall–Kier alpha value is -0.820. The van der Waals surface area contributed by atoms with Crippen molar-refractivity contribution in [3.63, 3.8) is 0 Å². The molecular formula is C15H33N. The van der Waals surface area contributed by atoms with Crippen LogP contribution in [-0.2, 0) is 0 Å². The molecule has 0 bridgehead atoms. The van der Waals surface area contributed by atoms with E-state index in [4.69, 9.17) is 0 Å². The van der Waals surface area contributed by atoms with Gasteiger partial charge in [0.25, 0.3) is 0 Å². The Morgan fingerprint density at radius 2 is 1.44 bits per heavy atom. The molecule has 2 N–H and O–H groups in total. The van der Waals surface area contributed by atoms with E-state index in [0.29, 0.717) is 0 Å². The molecule has 16 heavy (non-hydrogen) atoms. The summed E-state index contributed by atoms with van der Waals surface area (Å²) in [5.41, 5.74) is 5.77. The minimum Gasteiger partial charge on any atom is -0.333 e. The minimum absolute atomic E-state index is 1.11. The topological polar surface area (TPSA) is 26.0 Å². The molecule has 0 aromatic carbocycles. The van der Waals surface area contributed by atoms with Gasteiger partial charge < -0.3 is 5.73 Å². The van der Waals surface area contributed by atoms with Gasteiger partial charge in [0.1, 0.15) is 0 Å². The van der Waals surface area contributed by atoms with Gasteiger partial charge in [-0.25, -0.2) is 0 Å². The van der Waals surface area contributed by atoms with Gasteiger partial charge in [-0.15, -0.1) is 0 Å². The predicted molar refractivity (Wildman–Crippen MR) is 80.8 cm³/mol. The SMILES string of the molecule is C=C/C=C(\C=C)CCC.CC.CCC.CN. The van der Waals surface area contributed by atoms with Crippen LogP contribution >= 0.6 is 0 Å². The van der Waals surface area contributed by atoms with Crippen molar-refractivity contribution in [2.45, 2.75) is 53.9 Å². The third kappa shape index (κ3) is 37.9. The maximum atomic E-state index is 4.50. The lowest BCUT2D eigenvalue weighted by Crippen LogP contribution is -1.73. The van der Waals surface area contributed by atoms with Crippen LogP contribution < -0.4 is 5.73 Å². The lowest BCUT2D eigenvalue weighted by Gasteiger charge is -1.93. The average molecular weight is 227 g/mol. The van der Waals surface area contributed by atoms with Crippen molar-refractivity contribution in [2.75, 3.05) is 7.05 Å². The molecule has 0 saturated carbocycles. The van der Waals surface area contributed by atoms with Crippen LogP contribution in [0.2, 0.25) is 0 Å². The molecular weight excluding hydrogens is 194 g/mol. The van der Waals surface area contributed by atoms with Crippen molar-refractivity contribution < 1.29 is 0 Å². The van der Waals surface area contributed by atoms with Gasteiger partial charge in [0.2, 0.25) is 0 Å². The van der Waals surface area contributed by atoms with Crippen LogP contribution in [0.1, 0.15) is 53.9 Å². The molecule has 0 rings (SSSR count). The maximum absolute atomic E-state index is 4.50. The quantitative estimate of drug-likeness (QED) is 0.664. The van der Waals surface area contributed by atoms with E-state index in [0.717, 1.165) is 6.42 Å². The molecule has 0 aliphatic heterocycles. The van der Waals surface area contributed by atoms with Gasteiger partial charge in [-0.05, 0) is 19.0 Å². The summed E-state index contributed by atoms with van der Waals surface area (Å²) in [6.45, 7) is 17.7. The second-order valence-electron chi connectivity index (χ2n) is 2.64. The van der Waals surface area contributed by atoms with Crippen molar-refractivity contribution in [3.05, 3.63) is 37.0 Å². The van der Waals surface area contributed by atoms with Crippen LogP contribution in [0, 0.1) is 0 Å². The summed E-state index contributed by atoms with van der Waals surface area (Å²) >= 11 is 0. The molecule has 0 aromatic heterocycles. The summed E-state index contributed by atoms with van der Waals surface area (Å²) in [4.78, 5) is 0. The highest BCUT2D eigenvalue weighted by molar-refractivity contribution is 5.20. The van der Waals surface area contributed by atoms with Gasteiger partial charge in [-0.3, -0.25) is 0 Å². The molecule has 0 aromatic rings. The molecule has 0 atom stereocenters. The van der Waals surface area contributed by atoms with Crippen molar-refractivity contribution in [1.29, 1.82) is 0 Å². The Morgan fingerprint density at radius 3 is 1.62 bits per heavy atom. The number of hydrogen-bond acceptors (Lipinski definition) is 1. The highest BCUT2D eigenvalue weighted by Crippen LogP contribution is 2.04. The van der Waals surface area contributed by atoms with Gasteiger partial charge >= 0.3 is 0 Å². The van der Waals surface area contributed by atoms with E-state index in [1.165, 1.54) is 25.5 Å². The second-order valence-corrected chi connectivity index (χ2v) is 2.64. The third-order valence-electron chi connectivity index (χ3n) is 1.13. The van der Waals surface area contributed by atoms with Gasteiger partial charge in [0, 0.05) is 0 Å². The first kappa shape index (κ1) is 24.4. The summed E-state index contributed by atoms with van der Waals surface area (Å²) in [6.07, 6.45) is 9.20. The fourth-order valence-electron chi connectivity index (χ4n) is 0.693. The van der Waals surface area contributed by atoms with Crippen molar-refractivity contribution in [2.24, 2.45) is 5.73 Å². The molecule has 0 aliphatic rings. The Labute approximate surface area is 104 Å². The molecule has 0 amide bonds. The van der Waals surface area contributed by atoms with Crippen LogP contribution in [0.5, 0.6) is 0 Å². The maximum Gasteiger partial charge on any atom is -0.0195 e. The van der Waals surface area contributed by atoms with Crippen LogP contribution in [0.3, 0.4) is 0 Å². The van der Waals surface area contributed by atoms with E-state index >= 15 is 0 Å². The Kier molecular flexibility index (Phi) is 56.2. The Bertz CT molecular complexity index is 134. The lowest BCUT2D eigenvalue weighted by molar-refractivity contribution is 0.927. The molecule has 0 heterocycles. The smallest absolute Gasteiger partial charge is 0.0195 e. The molecule has 0 radical (unpaired) electrons. The van der Waals surface area contributed by atoms with Gasteiger partial charge in [-0.1, -0.05) is 78.8 Å². The zero-order valence-corrected chi connectivity index (χ0v) is 12.3. The molecule has 1 heteroatoms. The summed E-state index contributed by atoms with van der Waals surface area (Å²) in [7, 11) is 1.50. The first-order valence-electron chi connectivity index (χ1n) is 6.28. The van der Waals surface area contributed by atoms with E-state index in [9.17, 15) is 0 Å². The van der Waals surface area contributed by atoms with Crippen LogP contribution in [0.25, 0.3) is 0 Å². The molecule has 0 saturated heterocycles. The normalized spacial score (nSPS) is 8.06. The van der Waals surface area contributed by atoms with Crippen molar-refractivity contribution >= 4 is 0 Å². The summed E-state index contributed by atoms with van der Waals surface area (Å²) in [5.74, 6) is 0. The fraction of sp³-hybridized carbons (Fsp3) is 0.600. The summed E-state index contributed by atoms with van der Waals surface area (Å²) in [6, 6.07) is 0. The molecule has 0 unspecified atom stereocenters. The highest BCUT2D eigenvalue weighted by atomic mass is 14.4. The second kappa shape index (κ2) is 36.8. The summed E-state index contributed by atoms with van der Waals surface area (Å²) < 4.78 is 0. The molecule has 1 nitrogen and oxygen atoms in total. The number of hydrogen-bond donors (Lipinski definition) is 1. The molecule has 0 fully saturated rings. The lowest BCUT2D eigenvalue weighted by atomic mass is 10.1. The average Bonchev–Trinajstić information content (AvgIpc) is 2.35. The van der Waals surface area contributed by atoms with Gasteiger partial charge in [-0.2, -0.15) is 0 Å². The van der Waals surface area contributed by atoms with Gasteiger partial charge in [0.15, 0.2) is 0 Å². The zero-order valence-electron chi connectivity index (χ0n) is 12.3. The number of allylic oxidation sites excluding steroid dienone is 4. The first-order chi connectivity index (χ1) is 7.76. The molecule has 98 valence electrons. The van der Waals surface area contributed by atoms with E-state index in [1.807, 2.05) is 26.0 Å². The zero-order chi connectivity index (χ0) is 13.8. The third-order valence-corrected chi connectivity index (χ3v) is 1.13. The van der Waals surface area contributed by atoms with E-state index < -0.39 is 0 Å². The minimum atomic E-state index is 1.11. The monoisotopic (exact) mass is 227 g/mol. The standard InChI is InChI=1S/C9H14.C3H8.C2H6.CH5N/c1-4-7-9(6-3)8-5-2;1-3-2;2*1-2/h4,6-7H,1,3,5,8H2,2H3;3H2,1-2H3;1-2H3;2H2,1H3/b9-7+;;;. The Balaban J connectivity index is -0.0000000864. The number of rotatable bonds is 4.